The Morgan fingerprint density at radius 3 is 2.16 bits per heavy atom. The molecule has 2 aliphatic rings. The number of fused-ring (bicyclic) bond motifs is 5. The zero-order valence-corrected chi connectivity index (χ0v) is 16.8. The van der Waals surface area contributed by atoms with Gasteiger partial charge in [-0.3, -0.25) is 9.69 Å². The van der Waals surface area contributed by atoms with Gasteiger partial charge in [0, 0.05) is 16.8 Å². The SMILES string of the molecule is O=C1c2ccccc2[C@@]2(c3ccccc3)[C@@H](C#Cc3ccccc3)c3ccccc3N12. The number of hydrogen-bond acceptors (Lipinski definition) is 1. The zero-order chi connectivity index (χ0) is 20.8. The molecule has 2 heterocycles. The maximum Gasteiger partial charge on any atom is 0.259 e. The fourth-order valence-corrected chi connectivity index (χ4v) is 5.15. The summed E-state index contributed by atoms with van der Waals surface area (Å²) < 4.78 is 0. The Kier molecular flexibility index (Phi) is 3.85. The first-order valence-corrected chi connectivity index (χ1v) is 10.5. The molecule has 2 atom stereocenters. The van der Waals surface area contributed by atoms with Crippen LogP contribution in [-0.4, -0.2) is 5.91 Å². The highest BCUT2D eigenvalue weighted by Crippen LogP contribution is 2.60. The maximum absolute atomic E-state index is 13.7. The van der Waals surface area contributed by atoms with Gasteiger partial charge in [-0.1, -0.05) is 96.8 Å². The van der Waals surface area contributed by atoms with Crippen LogP contribution < -0.4 is 4.90 Å². The van der Waals surface area contributed by atoms with Gasteiger partial charge in [-0.15, -0.1) is 0 Å². The third-order valence-corrected chi connectivity index (χ3v) is 6.38. The molecule has 0 radical (unpaired) electrons. The second-order valence-corrected chi connectivity index (χ2v) is 7.95. The van der Waals surface area contributed by atoms with Gasteiger partial charge in [0.25, 0.3) is 5.91 Å². The number of para-hydroxylation sites is 1. The Hall–Kier alpha value is -4.09. The minimum Gasteiger partial charge on any atom is -0.292 e. The van der Waals surface area contributed by atoms with E-state index in [1.54, 1.807) is 0 Å². The van der Waals surface area contributed by atoms with E-state index in [-0.39, 0.29) is 11.8 Å². The van der Waals surface area contributed by atoms with Crippen molar-refractivity contribution in [3.63, 3.8) is 0 Å². The van der Waals surface area contributed by atoms with Crippen LogP contribution in [0.25, 0.3) is 0 Å². The topological polar surface area (TPSA) is 20.3 Å². The molecule has 2 aliphatic heterocycles. The van der Waals surface area contributed by atoms with Gasteiger partial charge < -0.3 is 0 Å². The lowest BCUT2D eigenvalue weighted by atomic mass is 9.73. The van der Waals surface area contributed by atoms with Crippen LogP contribution in [0, 0.1) is 11.8 Å². The van der Waals surface area contributed by atoms with E-state index < -0.39 is 5.54 Å². The maximum atomic E-state index is 13.7. The van der Waals surface area contributed by atoms with Crippen LogP contribution in [0.2, 0.25) is 0 Å². The molecular weight excluding hydrogens is 378 g/mol. The first-order chi connectivity index (χ1) is 15.3. The Labute approximate surface area is 181 Å². The second-order valence-electron chi connectivity index (χ2n) is 7.95. The number of nitrogens with zero attached hydrogens (tertiary/aromatic N) is 1. The molecule has 31 heavy (non-hydrogen) atoms. The number of carbonyl (C=O) groups excluding carboxylic acids is 1. The molecule has 0 spiro atoms. The van der Waals surface area contributed by atoms with E-state index in [0.29, 0.717) is 0 Å². The smallest absolute Gasteiger partial charge is 0.259 e. The Bertz CT molecular complexity index is 1360. The summed E-state index contributed by atoms with van der Waals surface area (Å²) in [7, 11) is 0. The summed E-state index contributed by atoms with van der Waals surface area (Å²) in [5, 5.41) is 0. The van der Waals surface area contributed by atoms with Crippen molar-refractivity contribution in [2.75, 3.05) is 4.90 Å². The molecule has 0 unspecified atom stereocenters. The predicted molar refractivity (Wildman–Crippen MR) is 123 cm³/mol. The van der Waals surface area contributed by atoms with Gasteiger partial charge in [0.15, 0.2) is 0 Å². The van der Waals surface area contributed by atoms with Gasteiger partial charge in [0.2, 0.25) is 0 Å². The summed E-state index contributed by atoms with van der Waals surface area (Å²) in [4.78, 5) is 15.7. The van der Waals surface area contributed by atoms with Crippen molar-refractivity contribution in [2.24, 2.45) is 0 Å². The largest absolute Gasteiger partial charge is 0.292 e. The van der Waals surface area contributed by atoms with E-state index in [2.05, 4.69) is 36.1 Å². The first kappa shape index (κ1) is 17.7. The summed E-state index contributed by atoms with van der Waals surface area (Å²) in [5.74, 6) is 6.83. The molecule has 1 amide bonds. The van der Waals surface area contributed by atoms with Crippen molar-refractivity contribution in [1.82, 2.24) is 0 Å². The molecule has 0 saturated carbocycles. The molecule has 0 saturated heterocycles. The number of benzene rings is 4. The molecule has 0 aliphatic carbocycles. The molecule has 0 fully saturated rings. The molecule has 0 aromatic heterocycles. The summed E-state index contributed by atoms with van der Waals surface area (Å²) in [5.41, 5.74) is 5.19. The van der Waals surface area contributed by atoms with Crippen LogP contribution in [0.1, 0.15) is 38.5 Å². The number of amides is 1. The lowest BCUT2D eigenvalue weighted by Crippen LogP contribution is -2.44. The highest BCUT2D eigenvalue weighted by atomic mass is 16.2. The third-order valence-electron chi connectivity index (χ3n) is 6.38. The van der Waals surface area contributed by atoms with Crippen LogP contribution in [0.15, 0.2) is 109 Å². The Balaban J connectivity index is 1.69. The van der Waals surface area contributed by atoms with E-state index in [1.807, 2.05) is 89.8 Å². The standard InChI is InChI=1S/C29H19NO/c31-28-24-16-7-9-17-25(24)29(22-13-5-2-6-14-22)26(20-19-21-11-3-1-4-12-21)23-15-8-10-18-27(23)30(28)29/h1-18,26H/t26-,29-/m0/s1. The van der Waals surface area contributed by atoms with Gasteiger partial charge in [-0.2, -0.15) is 0 Å². The quantitative estimate of drug-likeness (QED) is 0.375. The molecule has 146 valence electrons. The van der Waals surface area contributed by atoms with Crippen molar-refractivity contribution in [2.45, 2.75) is 11.5 Å². The fourth-order valence-electron chi connectivity index (χ4n) is 5.15. The van der Waals surface area contributed by atoms with E-state index in [4.69, 9.17) is 0 Å². The van der Waals surface area contributed by atoms with Gasteiger partial charge in [-0.25, -0.2) is 0 Å². The number of hydrogen-bond donors (Lipinski definition) is 0. The lowest BCUT2D eigenvalue weighted by molar-refractivity contribution is 0.0984. The molecular formula is C29H19NO. The normalized spacial score (nSPS) is 20.5. The average Bonchev–Trinajstić information content (AvgIpc) is 3.28. The molecule has 2 heteroatoms. The van der Waals surface area contributed by atoms with Gasteiger partial charge in [0.05, 0.1) is 5.92 Å². The highest BCUT2D eigenvalue weighted by Gasteiger charge is 2.60. The molecule has 0 N–H and O–H groups in total. The predicted octanol–water partition coefficient (Wildman–Crippen LogP) is 5.74. The average molecular weight is 397 g/mol. The minimum absolute atomic E-state index is 0.0379. The number of anilines is 1. The van der Waals surface area contributed by atoms with Crippen LogP contribution in [0.3, 0.4) is 0 Å². The summed E-state index contributed by atoms with van der Waals surface area (Å²) in [6.45, 7) is 0. The molecule has 4 aromatic carbocycles. The Morgan fingerprint density at radius 1 is 0.710 bits per heavy atom. The van der Waals surface area contributed by atoms with Gasteiger partial charge in [-0.05, 0) is 41.0 Å². The third kappa shape index (κ3) is 2.38. The van der Waals surface area contributed by atoms with Crippen molar-refractivity contribution < 1.29 is 4.79 Å². The molecule has 0 bridgehead atoms. The van der Waals surface area contributed by atoms with E-state index in [9.17, 15) is 4.79 Å². The number of carbonyl (C=O) groups is 1. The van der Waals surface area contributed by atoms with Crippen LogP contribution in [-0.2, 0) is 5.54 Å². The lowest BCUT2D eigenvalue weighted by Gasteiger charge is -2.37. The second kappa shape index (κ2) is 6.72. The van der Waals surface area contributed by atoms with E-state index in [1.165, 1.54) is 0 Å². The van der Waals surface area contributed by atoms with E-state index >= 15 is 0 Å². The van der Waals surface area contributed by atoms with Crippen LogP contribution in [0.4, 0.5) is 5.69 Å². The van der Waals surface area contributed by atoms with Crippen LogP contribution >= 0.6 is 0 Å². The van der Waals surface area contributed by atoms with Gasteiger partial charge in [0.1, 0.15) is 5.54 Å². The zero-order valence-electron chi connectivity index (χ0n) is 16.8. The monoisotopic (exact) mass is 397 g/mol. The van der Waals surface area contributed by atoms with Crippen LogP contribution in [0.5, 0.6) is 0 Å². The van der Waals surface area contributed by atoms with E-state index in [0.717, 1.165) is 33.5 Å². The van der Waals surface area contributed by atoms with Crippen molar-refractivity contribution in [3.05, 3.63) is 137 Å². The molecule has 2 nitrogen and oxygen atoms in total. The molecule has 6 rings (SSSR count). The number of rotatable bonds is 1. The summed E-state index contributed by atoms with van der Waals surface area (Å²) >= 11 is 0. The van der Waals surface area contributed by atoms with Crippen molar-refractivity contribution >= 4 is 11.6 Å². The fraction of sp³-hybridized carbons (Fsp3) is 0.0690. The highest BCUT2D eigenvalue weighted by molar-refractivity contribution is 6.15. The first-order valence-electron chi connectivity index (χ1n) is 10.5. The summed E-state index contributed by atoms with van der Waals surface area (Å²) in [6, 6.07) is 36.5. The van der Waals surface area contributed by atoms with Crippen molar-refractivity contribution in [3.8, 4) is 11.8 Å². The molecule has 4 aromatic rings. The summed E-state index contributed by atoms with van der Waals surface area (Å²) in [6.07, 6.45) is 0. The van der Waals surface area contributed by atoms with Gasteiger partial charge >= 0.3 is 0 Å². The Morgan fingerprint density at radius 2 is 1.35 bits per heavy atom. The minimum atomic E-state index is -0.680. The van der Waals surface area contributed by atoms with Crippen molar-refractivity contribution in [1.29, 1.82) is 0 Å².